The summed E-state index contributed by atoms with van der Waals surface area (Å²) in [5, 5.41) is 6.28. The molecule has 128 valence electrons. The Labute approximate surface area is 153 Å². The van der Waals surface area contributed by atoms with Gasteiger partial charge in [-0.25, -0.2) is 0 Å². The van der Waals surface area contributed by atoms with Crippen LogP contribution in [0.3, 0.4) is 0 Å². The van der Waals surface area contributed by atoms with Gasteiger partial charge in [0.1, 0.15) is 6.61 Å². The number of halogens is 2. The molecular weight excluding hydrogens is 345 g/mol. The number of aromatic nitrogens is 2. The number of fused-ring (bicyclic) bond motifs is 1. The van der Waals surface area contributed by atoms with Crippen molar-refractivity contribution in [2.45, 2.75) is 6.54 Å². The summed E-state index contributed by atoms with van der Waals surface area (Å²) in [7, 11) is 4.04. The van der Waals surface area contributed by atoms with E-state index >= 15 is 0 Å². The van der Waals surface area contributed by atoms with Crippen LogP contribution in [0.1, 0.15) is 5.56 Å². The van der Waals surface area contributed by atoms with Crippen LogP contribution in [0.5, 0.6) is 5.88 Å². The second-order valence-electron chi connectivity index (χ2n) is 5.76. The maximum absolute atomic E-state index is 6.14. The van der Waals surface area contributed by atoms with Crippen molar-refractivity contribution in [1.82, 2.24) is 14.7 Å². The minimum atomic E-state index is 0. The highest BCUT2D eigenvalue weighted by Crippen LogP contribution is 2.28. The lowest BCUT2D eigenvalue weighted by Crippen LogP contribution is -2.19. The molecule has 0 N–H and O–H groups in total. The molecule has 0 fully saturated rings. The highest BCUT2D eigenvalue weighted by atomic mass is 35.5. The van der Waals surface area contributed by atoms with Crippen LogP contribution in [0, 0.1) is 0 Å². The zero-order valence-electron chi connectivity index (χ0n) is 13.8. The molecule has 3 aromatic rings. The Balaban J connectivity index is 0.00000208. The molecule has 0 saturated heterocycles. The van der Waals surface area contributed by atoms with E-state index in [0.29, 0.717) is 24.1 Å². The second-order valence-corrected chi connectivity index (χ2v) is 6.20. The molecule has 4 nitrogen and oxygen atoms in total. The molecule has 2 aromatic carbocycles. The highest BCUT2D eigenvalue weighted by molar-refractivity contribution is 6.31. The predicted octanol–water partition coefficient (Wildman–Crippen LogP) is 4.10. The highest BCUT2D eigenvalue weighted by Gasteiger charge is 2.12. The zero-order chi connectivity index (χ0) is 16.2. The minimum Gasteiger partial charge on any atom is -0.475 e. The molecule has 0 spiro atoms. The van der Waals surface area contributed by atoms with Crippen LogP contribution >= 0.6 is 24.0 Å². The van der Waals surface area contributed by atoms with Gasteiger partial charge in [-0.1, -0.05) is 41.9 Å². The van der Waals surface area contributed by atoms with E-state index < -0.39 is 0 Å². The number of ether oxygens (including phenoxy) is 1. The van der Waals surface area contributed by atoms with E-state index in [2.05, 4.69) is 22.1 Å². The van der Waals surface area contributed by atoms with E-state index in [4.69, 9.17) is 16.3 Å². The quantitative estimate of drug-likeness (QED) is 0.658. The van der Waals surface area contributed by atoms with Crippen molar-refractivity contribution < 1.29 is 4.74 Å². The van der Waals surface area contributed by atoms with E-state index in [9.17, 15) is 0 Å². The Hall–Kier alpha value is -1.75. The first kappa shape index (κ1) is 18.6. The van der Waals surface area contributed by atoms with Crippen molar-refractivity contribution in [3.05, 3.63) is 59.1 Å². The maximum Gasteiger partial charge on any atom is 0.240 e. The van der Waals surface area contributed by atoms with Gasteiger partial charge >= 0.3 is 0 Å². The van der Waals surface area contributed by atoms with Crippen LogP contribution in [0.4, 0.5) is 0 Å². The zero-order valence-corrected chi connectivity index (χ0v) is 15.3. The SMILES string of the molecule is CN(C)CCOc1nn(Cc2ccccc2)c2ccc(Cl)cc12.Cl. The van der Waals surface area contributed by atoms with Gasteiger partial charge in [-0.2, -0.15) is 0 Å². The lowest BCUT2D eigenvalue weighted by Gasteiger charge is -2.09. The van der Waals surface area contributed by atoms with E-state index in [-0.39, 0.29) is 12.4 Å². The molecule has 3 rings (SSSR count). The predicted molar refractivity (Wildman–Crippen MR) is 102 cm³/mol. The van der Waals surface area contributed by atoms with Crippen molar-refractivity contribution >= 4 is 34.9 Å². The fraction of sp³-hybridized carbons (Fsp3) is 0.278. The lowest BCUT2D eigenvalue weighted by molar-refractivity contribution is 0.254. The normalized spacial score (nSPS) is 10.8. The Morgan fingerprint density at radius 2 is 1.88 bits per heavy atom. The fourth-order valence-electron chi connectivity index (χ4n) is 2.43. The summed E-state index contributed by atoms with van der Waals surface area (Å²) in [5.41, 5.74) is 2.23. The molecule has 1 aromatic heterocycles. The van der Waals surface area contributed by atoms with Crippen molar-refractivity contribution in [3.63, 3.8) is 0 Å². The van der Waals surface area contributed by atoms with Crippen LogP contribution in [0.2, 0.25) is 5.02 Å². The number of benzene rings is 2. The number of rotatable bonds is 6. The molecule has 24 heavy (non-hydrogen) atoms. The third-order valence-electron chi connectivity index (χ3n) is 3.63. The summed E-state index contributed by atoms with van der Waals surface area (Å²) in [5.74, 6) is 0.639. The van der Waals surface area contributed by atoms with E-state index in [1.807, 2.05) is 55.2 Å². The van der Waals surface area contributed by atoms with Crippen molar-refractivity contribution in [2.75, 3.05) is 27.2 Å². The summed E-state index contributed by atoms with van der Waals surface area (Å²) in [6, 6.07) is 16.1. The van der Waals surface area contributed by atoms with Gasteiger partial charge in [-0.05, 0) is 37.9 Å². The standard InChI is InChI=1S/C18H20ClN3O.ClH/c1-21(2)10-11-23-18-16-12-15(19)8-9-17(16)22(20-18)13-14-6-4-3-5-7-14;/h3-9,12H,10-11,13H2,1-2H3;1H. The molecule has 0 aliphatic rings. The largest absolute Gasteiger partial charge is 0.475 e. The molecule has 0 radical (unpaired) electrons. The summed E-state index contributed by atoms with van der Waals surface area (Å²) in [6.07, 6.45) is 0. The van der Waals surface area contributed by atoms with E-state index in [1.54, 1.807) is 0 Å². The van der Waals surface area contributed by atoms with Gasteiger partial charge in [-0.3, -0.25) is 4.68 Å². The van der Waals surface area contributed by atoms with Gasteiger partial charge in [0.25, 0.3) is 0 Å². The average Bonchev–Trinajstić information content (AvgIpc) is 2.85. The smallest absolute Gasteiger partial charge is 0.240 e. The first-order valence-corrected chi connectivity index (χ1v) is 7.99. The number of hydrogen-bond donors (Lipinski definition) is 0. The Bertz CT molecular complexity index is 788. The number of likely N-dealkylation sites (N-methyl/N-ethyl adjacent to an activating group) is 1. The first-order chi connectivity index (χ1) is 11.1. The van der Waals surface area contributed by atoms with Crippen molar-refractivity contribution in [1.29, 1.82) is 0 Å². The minimum absolute atomic E-state index is 0. The van der Waals surface area contributed by atoms with Crippen LogP contribution < -0.4 is 4.74 Å². The van der Waals surface area contributed by atoms with Gasteiger partial charge in [0.2, 0.25) is 5.88 Å². The molecule has 0 amide bonds. The van der Waals surface area contributed by atoms with Crippen molar-refractivity contribution in [3.8, 4) is 5.88 Å². The fourth-order valence-corrected chi connectivity index (χ4v) is 2.60. The Morgan fingerprint density at radius 3 is 2.58 bits per heavy atom. The molecular formula is C18H21Cl2N3O. The Morgan fingerprint density at radius 1 is 1.12 bits per heavy atom. The monoisotopic (exact) mass is 365 g/mol. The van der Waals surface area contributed by atoms with Gasteiger partial charge in [0.05, 0.1) is 17.4 Å². The number of hydrogen-bond acceptors (Lipinski definition) is 3. The molecule has 0 bridgehead atoms. The molecule has 0 atom stereocenters. The second kappa shape index (κ2) is 8.38. The maximum atomic E-state index is 6.14. The summed E-state index contributed by atoms with van der Waals surface area (Å²) in [6.45, 7) is 2.14. The molecule has 6 heteroatoms. The lowest BCUT2D eigenvalue weighted by atomic mass is 10.2. The molecule has 0 saturated carbocycles. The van der Waals surface area contributed by atoms with Crippen molar-refractivity contribution in [2.24, 2.45) is 0 Å². The van der Waals surface area contributed by atoms with Crippen LogP contribution in [-0.4, -0.2) is 41.9 Å². The Kier molecular flexibility index (Phi) is 6.49. The average molecular weight is 366 g/mol. The van der Waals surface area contributed by atoms with Gasteiger partial charge in [-0.15, -0.1) is 17.5 Å². The number of nitrogens with zero attached hydrogens (tertiary/aromatic N) is 3. The topological polar surface area (TPSA) is 30.3 Å². The van der Waals surface area contributed by atoms with E-state index in [1.165, 1.54) is 5.56 Å². The summed E-state index contributed by atoms with van der Waals surface area (Å²) >= 11 is 6.14. The van der Waals surface area contributed by atoms with Gasteiger partial charge < -0.3 is 9.64 Å². The van der Waals surface area contributed by atoms with Crippen LogP contribution in [-0.2, 0) is 6.54 Å². The summed E-state index contributed by atoms with van der Waals surface area (Å²) in [4.78, 5) is 2.08. The molecule has 0 unspecified atom stereocenters. The van der Waals surface area contributed by atoms with Gasteiger partial charge in [0.15, 0.2) is 0 Å². The van der Waals surface area contributed by atoms with E-state index in [0.717, 1.165) is 17.4 Å². The molecule has 1 heterocycles. The van der Waals surface area contributed by atoms with Crippen LogP contribution in [0.15, 0.2) is 48.5 Å². The van der Waals surface area contributed by atoms with Crippen LogP contribution in [0.25, 0.3) is 10.9 Å². The van der Waals surface area contributed by atoms with Gasteiger partial charge in [0, 0.05) is 11.6 Å². The third-order valence-corrected chi connectivity index (χ3v) is 3.87. The third kappa shape index (κ3) is 4.41. The first-order valence-electron chi connectivity index (χ1n) is 7.61. The summed E-state index contributed by atoms with van der Waals surface area (Å²) < 4.78 is 7.84. The molecule has 0 aliphatic carbocycles. The molecule has 0 aliphatic heterocycles.